The second-order valence-electron chi connectivity index (χ2n) is 8.57. The van der Waals surface area contributed by atoms with Crippen molar-refractivity contribution in [1.29, 1.82) is 0 Å². The first kappa shape index (κ1) is 25.7. The summed E-state index contributed by atoms with van der Waals surface area (Å²) in [5.74, 6) is -0.807. The standard InChI is InChI=1S/C24H31N3O6/c1-23(2,3)33-21(30)25-24(17-28,15-18-11-7-5-8-12-18)20(29)26-27(4)22(31)32-16-19-13-9-6-10-14-19/h5-14,28H,15-17H2,1-4H3,(H,25,30)(H,26,29). The topological polar surface area (TPSA) is 117 Å². The van der Waals surface area contributed by atoms with E-state index in [9.17, 15) is 19.5 Å². The molecule has 1 unspecified atom stereocenters. The van der Waals surface area contributed by atoms with Gasteiger partial charge in [-0.05, 0) is 31.9 Å². The molecule has 0 fully saturated rings. The summed E-state index contributed by atoms with van der Waals surface area (Å²) < 4.78 is 10.5. The van der Waals surface area contributed by atoms with Gasteiger partial charge in [0, 0.05) is 13.5 Å². The number of nitrogens with zero attached hydrogens (tertiary/aromatic N) is 1. The molecule has 9 nitrogen and oxygen atoms in total. The maximum atomic E-state index is 13.2. The molecule has 3 N–H and O–H groups in total. The third-order valence-corrected chi connectivity index (χ3v) is 4.54. The molecule has 0 aliphatic carbocycles. The van der Waals surface area contributed by atoms with Gasteiger partial charge in [-0.2, -0.15) is 0 Å². The zero-order valence-corrected chi connectivity index (χ0v) is 19.3. The molecule has 0 heterocycles. The van der Waals surface area contributed by atoms with E-state index in [0.717, 1.165) is 10.6 Å². The van der Waals surface area contributed by atoms with Crippen LogP contribution in [0.2, 0.25) is 0 Å². The van der Waals surface area contributed by atoms with Crippen molar-refractivity contribution in [3.8, 4) is 0 Å². The van der Waals surface area contributed by atoms with Gasteiger partial charge < -0.3 is 19.9 Å². The van der Waals surface area contributed by atoms with Gasteiger partial charge in [-0.1, -0.05) is 60.7 Å². The van der Waals surface area contributed by atoms with E-state index in [1.165, 1.54) is 7.05 Å². The van der Waals surface area contributed by atoms with Crippen molar-refractivity contribution in [3.05, 3.63) is 71.8 Å². The number of ether oxygens (including phenoxy) is 2. The predicted octanol–water partition coefficient (Wildman–Crippen LogP) is 2.78. The molecule has 0 aromatic heterocycles. The Hall–Kier alpha value is -3.59. The van der Waals surface area contributed by atoms with Crippen LogP contribution in [0.15, 0.2) is 60.7 Å². The van der Waals surface area contributed by atoms with E-state index in [1.54, 1.807) is 57.2 Å². The first-order chi connectivity index (χ1) is 15.5. The number of hydrogen-bond acceptors (Lipinski definition) is 6. The maximum Gasteiger partial charge on any atom is 0.428 e. The molecule has 2 rings (SSSR count). The van der Waals surface area contributed by atoms with Crippen LogP contribution in [0, 0.1) is 0 Å². The summed E-state index contributed by atoms with van der Waals surface area (Å²) in [6, 6.07) is 17.9. The van der Waals surface area contributed by atoms with Gasteiger partial charge in [-0.25, -0.2) is 14.6 Å². The van der Waals surface area contributed by atoms with Crippen LogP contribution in [-0.2, 0) is 27.3 Å². The van der Waals surface area contributed by atoms with Gasteiger partial charge in [-0.3, -0.25) is 10.2 Å². The molecule has 0 spiro atoms. The van der Waals surface area contributed by atoms with Crippen LogP contribution < -0.4 is 10.7 Å². The molecule has 2 aromatic rings. The fourth-order valence-corrected chi connectivity index (χ4v) is 2.91. The zero-order valence-electron chi connectivity index (χ0n) is 19.3. The molecule has 0 aliphatic heterocycles. The second-order valence-corrected chi connectivity index (χ2v) is 8.57. The number of alkyl carbamates (subject to hydrolysis) is 1. The Morgan fingerprint density at radius 1 is 0.939 bits per heavy atom. The van der Waals surface area contributed by atoms with Crippen LogP contribution in [-0.4, -0.2) is 53.0 Å². The summed E-state index contributed by atoms with van der Waals surface area (Å²) in [4.78, 5) is 38.0. The lowest BCUT2D eigenvalue weighted by Gasteiger charge is -2.34. The molecule has 0 aliphatic rings. The molecular formula is C24H31N3O6. The molecule has 0 bridgehead atoms. The van der Waals surface area contributed by atoms with Gasteiger partial charge in [0.15, 0.2) is 5.54 Å². The lowest BCUT2D eigenvalue weighted by molar-refractivity contribution is -0.133. The van der Waals surface area contributed by atoms with Crippen LogP contribution in [0.25, 0.3) is 0 Å². The summed E-state index contributed by atoms with van der Waals surface area (Å²) in [5.41, 5.74) is 1.25. The number of hydrazine groups is 1. The fourth-order valence-electron chi connectivity index (χ4n) is 2.91. The summed E-state index contributed by atoms with van der Waals surface area (Å²) in [7, 11) is 1.31. The molecule has 0 radical (unpaired) electrons. The van der Waals surface area contributed by atoms with Gasteiger partial charge in [0.05, 0.1) is 6.61 Å². The summed E-state index contributed by atoms with van der Waals surface area (Å²) in [6.45, 7) is 4.33. The average molecular weight is 458 g/mol. The fraction of sp³-hybridized carbons (Fsp3) is 0.375. The number of nitrogens with one attached hydrogen (secondary N) is 2. The summed E-state index contributed by atoms with van der Waals surface area (Å²) >= 11 is 0. The molecular weight excluding hydrogens is 426 g/mol. The third kappa shape index (κ3) is 8.12. The number of carbonyl (C=O) groups is 3. The van der Waals surface area contributed by atoms with Gasteiger partial charge in [-0.15, -0.1) is 0 Å². The Kier molecular flexibility index (Phi) is 8.81. The Morgan fingerprint density at radius 3 is 2.00 bits per heavy atom. The zero-order chi connectivity index (χ0) is 24.5. The Balaban J connectivity index is 2.15. The number of amides is 3. The third-order valence-electron chi connectivity index (χ3n) is 4.54. The number of aliphatic hydroxyl groups excluding tert-OH is 1. The molecule has 0 saturated heterocycles. The SMILES string of the molecule is CN(NC(=O)C(CO)(Cc1ccccc1)NC(=O)OC(C)(C)C)C(=O)OCc1ccccc1. The van der Waals surface area contributed by atoms with Gasteiger partial charge in [0.25, 0.3) is 5.91 Å². The largest absolute Gasteiger partial charge is 0.444 e. The highest BCUT2D eigenvalue weighted by Gasteiger charge is 2.42. The van der Waals surface area contributed by atoms with Crippen molar-refractivity contribution in [2.45, 2.75) is 44.9 Å². The molecule has 33 heavy (non-hydrogen) atoms. The van der Waals surface area contributed by atoms with E-state index in [0.29, 0.717) is 5.56 Å². The number of rotatable bonds is 7. The quantitative estimate of drug-likeness (QED) is 0.551. The average Bonchev–Trinajstić information content (AvgIpc) is 2.76. The minimum absolute atomic E-state index is 0.0190. The minimum Gasteiger partial charge on any atom is -0.444 e. The number of carbonyl (C=O) groups excluding carboxylic acids is 3. The normalized spacial score (nSPS) is 12.8. The summed E-state index contributed by atoms with van der Waals surface area (Å²) in [6.07, 6.45) is -1.73. The maximum absolute atomic E-state index is 13.2. The van der Waals surface area contributed by atoms with Crippen molar-refractivity contribution in [1.82, 2.24) is 15.8 Å². The van der Waals surface area contributed by atoms with E-state index in [1.807, 2.05) is 24.3 Å². The van der Waals surface area contributed by atoms with Gasteiger partial charge in [0.2, 0.25) is 0 Å². The predicted molar refractivity (Wildman–Crippen MR) is 122 cm³/mol. The van der Waals surface area contributed by atoms with E-state index in [4.69, 9.17) is 9.47 Å². The molecule has 0 saturated carbocycles. The molecule has 2 aromatic carbocycles. The number of benzene rings is 2. The van der Waals surface area contributed by atoms with Crippen molar-refractivity contribution in [2.24, 2.45) is 0 Å². The smallest absolute Gasteiger partial charge is 0.428 e. The minimum atomic E-state index is -1.79. The van der Waals surface area contributed by atoms with Crippen molar-refractivity contribution < 1.29 is 29.0 Å². The number of hydrogen-bond donors (Lipinski definition) is 3. The van der Waals surface area contributed by atoms with E-state index in [2.05, 4.69) is 10.7 Å². The van der Waals surface area contributed by atoms with Crippen LogP contribution in [0.3, 0.4) is 0 Å². The van der Waals surface area contributed by atoms with Crippen LogP contribution in [0.5, 0.6) is 0 Å². The lowest BCUT2D eigenvalue weighted by atomic mass is 9.90. The van der Waals surface area contributed by atoms with Crippen molar-refractivity contribution in [3.63, 3.8) is 0 Å². The first-order valence-corrected chi connectivity index (χ1v) is 10.5. The van der Waals surface area contributed by atoms with Gasteiger partial charge in [0.1, 0.15) is 12.2 Å². The van der Waals surface area contributed by atoms with Crippen LogP contribution >= 0.6 is 0 Å². The Bertz CT molecular complexity index is 930. The number of aliphatic hydroxyl groups is 1. The highest BCUT2D eigenvalue weighted by molar-refractivity contribution is 5.91. The highest BCUT2D eigenvalue weighted by Crippen LogP contribution is 2.17. The van der Waals surface area contributed by atoms with Gasteiger partial charge >= 0.3 is 12.2 Å². The van der Waals surface area contributed by atoms with Crippen molar-refractivity contribution >= 4 is 18.1 Å². The Labute approximate surface area is 193 Å². The molecule has 178 valence electrons. The lowest BCUT2D eigenvalue weighted by Crippen LogP contribution is -2.65. The van der Waals surface area contributed by atoms with Crippen LogP contribution in [0.1, 0.15) is 31.9 Å². The van der Waals surface area contributed by atoms with Crippen molar-refractivity contribution in [2.75, 3.05) is 13.7 Å². The molecule has 9 heteroatoms. The Morgan fingerprint density at radius 2 is 1.48 bits per heavy atom. The van der Waals surface area contributed by atoms with Crippen LogP contribution in [0.4, 0.5) is 9.59 Å². The highest BCUT2D eigenvalue weighted by atomic mass is 16.6. The van der Waals surface area contributed by atoms with E-state index in [-0.39, 0.29) is 13.0 Å². The van der Waals surface area contributed by atoms with E-state index < -0.39 is 35.8 Å². The molecule has 3 amide bonds. The second kappa shape index (κ2) is 11.3. The summed E-state index contributed by atoms with van der Waals surface area (Å²) in [5, 5.41) is 13.5. The first-order valence-electron chi connectivity index (χ1n) is 10.5. The monoisotopic (exact) mass is 457 g/mol. The van der Waals surface area contributed by atoms with E-state index >= 15 is 0 Å². The molecule has 1 atom stereocenters.